The van der Waals surface area contributed by atoms with Gasteiger partial charge >= 0.3 is 0 Å². The van der Waals surface area contributed by atoms with E-state index in [0.717, 1.165) is 17.8 Å². The third kappa shape index (κ3) is 4.28. The van der Waals surface area contributed by atoms with Gasteiger partial charge in [0.15, 0.2) is 0 Å². The fourth-order valence-corrected chi connectivity index (χ4v) is 2.21. The van der Waals surface area contributed by atoms with Gasteiger partial charge in [-0.2, -0.15) is 0 Å². The molecule has 15 heavy (non-hydrogen) atoms. The normalized spacial score (nSPS) is 17.3. The van der Waals surface area contributed by atoms with E-state index in [9.17, 15) is 5.11 Å². The van der Waals surface area contributed by atoms with Gasteiger partial charge in [-0.1, -0.05) is 13.3 Å². The highest BCUT2D eigenvalue weighted by molar-refractivity contribution is 7.09. The minimum Gasteiger partial charge on any atom is -0.389 e. The predicted molar refractivity (Wildman–Crippen MR) is 64.1 cm³/mol. The van der Waals surface area contributed by atoms with Gasteiger partial charge < -0.3 is 10.4 Å². The van der Waals surface area contributed by atoms with Crippen LogP contribution in [0.2, 0.25) is 0 Å². The van der Waals surface area contributed by atoms with Gasteiger partial charge in [-0.05, 0) is 20.3 Å². The molecule has 0 radical (unpaired) electrons. The van der Waals surface area contributed by atoms with Crippen molar-refractivity contribution >= 4 is 11.3 Å². The maximum atomic E-state index is 9.98. The molecule has 2 N–H and O–H groups in total. The standard InChI is InChI=1S/C11H20N2OS/c1-4-5-11(3,14)8-13-9(2)10-12-6-7-15-10/h6-7,9,13-14H,4-5,8H2,1-3H3. The third-order valence-electron chi connectivity index (χ3n) is 2.40. The highest BCUT2D eigenvalue weighted by Crippen LogP contribution is 2.17. The minimum absolute atomic E-state index is 0.216. The maximum absolute atomic E-state index is 9.98. The van der Waals surface area contributed by atoms with E-state index >= 15 is 0 Å². The van der Waals surface area contributed by atoms with Gasteiger partial charge in [0, 0.05) is 18.1 Å². The van der Waals surface area contributed by atoms with Gasteiger partial charge in [-0.3, -0.25) is 0 Å². The van der Waals surface area contributed by atoms with Gasteiger partial charge in [0.25, 0.3) is 0 Å². The second-order valence-corrected chi connectivity index (χ2v) is 5.15. The first-order valence-electron chi connectivity index (χ1n) is 5.40. The van der Waals surface area contributed by atoms with Crippen LogP contribution in [0.5, 0.6) is 0 Å². The highest BCUT2D eigenvalue weighted by atomic mass is 32.1. The lowest BCUT2D eigenvalue weighted by Gasteiger charge is -2.24. The molecule has 2 unspecified atom stereocenters. The Labute approximate surface area is 95.6 Å². The van der Waals surface area contributed by atoms with E-state index in [-0.39, 0.29) is 6.04 Å². The number of nitrogens with zero attached hydrogens (tertiary/aromatic N) is 1. The quantitative estimate of drug-likeness (QED) is 0.785. The van der Waals surface area contributed by atoms with Gasteiger partial charge in [-0.15, -0.1) is 11.3 Å². The van der Waals surface area contributed by atoms with Crippen LogP contribution in [-0.4, -0.2) is 22.2 Å². The number of hydrogen-bond acceptors (Lipinski definition) is 4. The zero-order chi connectivity index (χ0) is 11.3. The molecule has 3 nitrogen and oxygen atoms in total. The van der Waals surface area contributed by atoms with E-state index in [1.165, 1.54) is 0 Å². The Bertz CT molecular complexity index is 272. The summed E-state index contributed by atoms with van der Waals surface area (Å²) < 4.78 is 0. The number of rotatable bonds is 6. The molecule has 0 amide bonds. The van der Waals surface area contributed by atoms with Gasteiger partial charge in [0.1, 0.15) is 5.01 Å². The maximum Gasteiger partial charge on any atom is 0.109 e. The number of hydrogen-bond donors (Lipinski definition) is 2. The van der Waals surface area contributed by atoms with Crippen molar-refractivity contribution in [2.45, 2.75) is 45.3 Å². The molecular formula is C11H20N2OS. The summed E-state index contributed by atoms with van der Waals surface area (Å²) in [5, 5.41) is 16.3. The molecule has 1 rings (SSSR count). The second-order valence-electron chi connectivity index (χ2n) is 4.22. The summed E-state index contributed by atoms with van der Waals surface area (Å²) in [6, 6.07) is 0.216. The molecule has 2 atom stereocenters. The van der Waals surface area contributed by atoms with E-state index in [1.54, 1.807) is 11.3 Å². The van der Waals surface area contributed by atoms with Gasteiger partial charge in [0.2, 0.25) is 0 Å². The van der Waals surface area contributed by atoms with Crippen molar-refractivity contribution < 1.29 is 5.11 Å². The number of aromatic nitrogens is 1. The van der Waals surface area contributed by atoms with Crippen molar-refractivity contribution in [1.82, 2.24) is 10.3 Å². The lowest BCUT2D eigenvalue weighted by atomic mass is 10.0. The molecule has 0 aromatic carbocycles. The van der Waals surface area contributed by atoms with Crippen LogP contribution in [0.15, 0.2) is 11.6 Å². The molecule has 1 heterocycles. The van der Waals surface area contributed by atoms with Crippen molar-refractivity contribution in [3.63, 3.8) is 0 Å². The fourth-order valence-electron chi connectivity index (χ4n) is 1.54. The molecule has 0 bridgehead atoms. The first-order valence-corrected chi connectivity index (χ1v) is 6.28. The fraction of sp³-hybridized carbons (Fsp3) is 0.727. The summed E-state index contributed by atoms with van der Waals surface area (Å²) >= 11 is 1.64. The highest BCUT2D eigenvalue weighted by Gasteiger charge is 2.20. The van der Waals surface area contributed by atoms with Crippen LogP contribution in [-0.2, 0) is 0 Å². The van der Waals surface area contributed by atoms with Crippen molar-refractivity contribution in [2.24, 2.45) is 0 Å². The van der Waals surface area contributed by atoms with E-state index in [4.69, 9.17) is 0 Å². The smallest absolute Gasteiger partial charge is 0.109 e. The van der Waals surface area contributed by atoms with Crippen LogP contribution in [0.4, 0.5) is 0 Å². The average molecular weight is 228 g/mol. The van der Waals surface area contributed by atoms with Crippen LogP contribution < -0.4 is 5.32 Å². The molecule has 86 valence electrons. The zero-order valence-electron chi connectivity index (χ0n) is 9.66. The average Bonchev–Trinajstić information content (AvgIpc) is 2.67. The third-order valence-corrected chi connectivity index (χ3v) is 3.36. The van der Waals surface area contributed by atoms with Crippen LogP contribution >= 0.6 is 11.3 Å². The molecule has 0 spiro atoms. The van der Waals surface area contributed by atoms with Crippen molar-refractivity contribution in [3.05, 3.63) is 16.6 Å². The van der Waals surface area contributed by atoms with Crippen LogP contribution in [0.1, 0.15) is 44.7 Å². The molecule has 1 aromatic heterocycles. The Hall–Kier alpha value is -0.450. The summed E-state index contributed by atoms with van der Waals surface area (Å²) in [4.78, 5) is 4.24. The summed E-state index contributed by atoms with van der Waals surface area (Å²) in [5.41, 5.74) is -0.611. The van der Waals surface area contributed by atoms with Crippen molar-refractivity contribution in [1.29, 1.82) is 0 Å². The largest absolute Gasteiger partial charge is 0.389 e. The minimum atomic E-state index is -0.611. The molecular weight excluding hydrogens is 208 g/mol. The van der Waals surface area contributed by atoms with Crippen molar-refractivity contribution in [3.8, 4) is 0 Å². The monoisotopic (exact) mass is 228 g/mol. The number of thiazole rings is 1. The second kappa shape index (κ2) is 5.58. The number of nitrogens with one attached hydrogen (secondary N) is 1. The molecule has 0 aliphatic rings. The SMILES string of the molecule is CCCC(C)(O)CNC(C)c1nccs1. The van der Waals surface area contributed by atoms with Gasteiger partial charge in [-0.25, -0.2) is 4.98 Å². The Morgan fingerprint density at radius 3 is 2.93 bits per heavy atom. The molecule has 0 saturated heterocycles. The van der Waals surface area contributed by atoms with Gasteiger partial charge in [0.05, 0.1) is 11.6 Å². The molecule has 0 aliphatic carbocycles. The summed E-state index contributed by atoms with van der Waals surface area (Å²) in [5.74, 6) is 0. The van der Waals surface area contributed by atoms with Crippen molar-refractivity contribution in [2.75, 3.05) is 6.54 Å². The molecule has 0 fully saturated rings. The van der Waals surface area contributed by atoms with E-state index in [0.29, 0.717) is 6.54 Å². The molecule has 1 aromatic rings. The lowest BCUT2D eigenvalue weighted by Crippen LogP contribution is -2.38. The summed E-state index contributed by atoms with van der Waals surface area (Å²) in [6.07, 6.45) is 3.63. The lowest BCUT2D eigenvalue weighted by molar-refractivity contribution is 0.0476. The van der Waals surface area contributed by atoms with Crippen LogP contribution in [0.25, 0.3) is 0 Å². The van der Waals surface area contributed by atoms with E-state index in [1.807, 2.05) is 18.5 Å². The molecule has 4 heteroatoms. The Morgan fingerprint density at radius 2 is 2.40 bits per heavy atom. The summed E-state index contributed by atoms with van der Waals surface area (Å²) in [6.45, 7) is 6.64. The van der Waals surface area contributed by atoms with E-state index in [2.05, 4.69) is 24.1 Å². The predicted octanol–water partition coefficient (Wildman–Crippen LogP) is 2.34. The Balaban J connectivity index is 2.37. The molecule has 0 saturated carbocycles. The van der Waals surface area contributed by atoms with Crippen LogP contribution in [0, 0.1) is 0 Å². The first-order chi connectivity index (χ1) is 7.05. The topological polar surface area (TPSA) is 45.1 Å². The number of aliphatic hydroxyl groups is 1. The molecule has 0 aliphatic heterocycles. The van der Waals surface area contributed by atoms with E-state index < -0.39 is 5.60 Å². The first kappa shape index (κ1) is 12.6. The Morgan fingerprint density at radius 1 is 1.67 bits per heavy atom. The summed E-state index contributed by atoms with van der Waals surface area (Å²) in [7, 11) is 0. The van der Waals surface area contributed by atoms with Crippen LogP contribution in [0.3, 0.4) is 0 Å². The zero-order valence-corrected chi connectivity index (χ0v) is 10.5. The Kier molecular flexibility index (Phi) is 4.70.